The van der Waals surface area contributed by atoms with Gasteiger partial charge in [-0.25, -0.2) is 0 Å². The second-order valence-corrected chi connectivity index (χ2v) is 9.04. The topological polar surface area (TPSA) is 140 Å². The SMILES string of the molecule is [2H]c1cc2c(c([2H])c1OCCCC([2H])([2H])O)NC(=O)C([2H])([2H])C2([2H])[2H].[2H]c1cc2c(c([2H])c1OCCCC([2H])([2H])OS(C)(=O)=O)NC(=O)C([2H])([2H])C2([2H])[2H]. The highest BCUT2D eigenvalue weighted by atomic mass is 32.2. The molecular weight excluding hydrogens is 512 g/mol. The molecule has 4 rings (SSSR count). The van der Waals surface area contributed by atoms with Crippen LogP contribution in [0.3, 0.4) is 0 Å². The normalized spacial score (nSPS) is 26.5. The van der Waals surface area contributed by atoms with E-state index in [2.05, 4.69) is 14.8 Å². The molecule has 0 aliphatic carbocycles. The summed E-state index contributed by atoms with van der Waals surface area (Å²) in [7, 11) is -4.00. The molecule has 10 nitrogen and oxygen atoms in total. The molecule has 0 radical (unpaired) electrons. The largest absolute Gasteiger partial charge is 0.494 e. The molecule has 0 saturated carbocycles. The van der Waals surface area contributed by atoms with Crippen LogP contribution in [0.5, 0.6) is 11.5 Å². The second kappa shape index (κ2) is 14.7. The number of ether oxygens (including phenoxy) is 2. The summed E-state index contributed by atoms with van der Waals surface area (Å²) in [6.45, 7) is -5.14. The minimum Gasteiger partial charge on any atom is -0.494 e. The first-order chi connectivity index (χ1) is 24.3. The smallest absolute Gasteiger partial charge is 0.264 e. The number of hydrogen-bond donors (Lipinski definition) is 3. The lowest BCUT2D eigenvalue weighted by molar-refractivity contribution is -0.117. The predicted molar refractivity (Wildman–Crippen MR) is 144 cm³/mol. The number of aliphatic hydroxyl groups is 1. The van der Waals surface area contributed by atoms with Crippen LogP contribution in [0.25, 0.3) is 0 Å². The number of hydrogen-bond acceptors (Lipinski definition) is 8. The summed E-state index contributed by atoms with van der Waals surface area (Å²) in [5.74, 6) is -3.04. The zero-order chi connectivity index (χ0) is 41.6. The van der Waals surface area contributed by atoms with Crippen LogP contribution in [-0.2, 0) is 36.6 Å². The standard InChI is InChI=1S/C14H19NO5S.C13H17NO3/c1-21(17,18)20-9-3-2-8-19-12-6-4-11-5-7-14(16)15-13(11)10-12;15-7-1-2-8-17-11-5-3-10-4-6-13(16)14-12(10)9-11/h4,6,10H,2-3,5,7-9H2,1H3,(H,15,16);3,5,9,15H,1-2,4,6-8H2,(H,14,16)/i5D2,6D,7D2,9D2,10D;4D2,5D,6D2,7D2,9D. The van der Waals surface area contributed by atoms with Crippen LogP contribution in [0.4, 0.5) is 11.4 Å². The van der Waals surface area contributed by atoms with Crippen LogP contribution in [0.1, 0.15) is 71.5 Å². The number of rotatable bonds is 12. The van der Waals surface area contributed by atoms with Crippen molar-refractivity contribution in [2.45, 2.75) is 51.2 Å². The zero-order valence-electron chi connectivity index (χ0n) is 36.1. The Morgan fingerprint density at radius 2 is 1.39 bits per heavy atom. The molecule has 0 unspecified atom stereocenters. The highest BCUT2D eigenvalue weighted by Gasteiger charge is 2.16. The van der Waals surface area contributed by atoms with Gasteiger partial charge >= 0.3 is 0 Å². The molecule has 0 aromatic heterocycles. The molecule has 2 aromatic carbocycles. The van der Waals surface area contributed by atoms with Gasteiger partial charge in [-0.2, -0.15) is 8.42 Å². The van der Waals surface area contributed by atoms with Crippen LogP contribution in [0.2, 0.25) is 0 Å². The molecule has 2 heterocycles. The molecule has 11 heteroatoms. The molecule has 2 aliphatic heterocycles. The molecular formula is C27H36N2O8S. The van der Waals surface area contributed by atoms with E-state index in [9.17, 15) is 18.0 Å². The second-order valence-electron chi connectivity index (χ2n) is 7.47. The van der Waals surface area contributed by atoms with Gasteiger partial charge in [0, 0.05) is 53.7 Å². The number of fused-ring (bicyclic) bond motifs is 2. The molecule has 0 atom stereocenters. The number of aryl methyl sites for hydroxylation is 2. The lowest BCUT2D eigenvalue weighted by atomic mass is 10.0. The first-order valence-corrected chi connectivity index (χ1v) is 12.9. The van der Waals surface area contributed by atoms with Crippen LogP contribution >= 0.6 is 0 Å². The van der Waals surface area contributed by atoms with Crippen molar-refractivity contribution < 1.29 is 58.7 Å². The lowest BCUT2D eigenvalue weighted by Crippen LogP contribution is -2.18. The Hall–Kier alpha value is -3.15. The Labute approximate surface area is 246 Å². The number of nitrogens with one attached hydrogen (secondary N) is 2. The van der Waals surface area contributed by atoms with Crippen LogP contribution in [0.15, 0.2) is 36.3 Å². The fraction of sp³-hybridized carbons (Fsp3) is 0.481. The fourth-order valence-corrected chi connectivity index (χ4v) is 3.03. The average Bonchev–Trinajstić information content (AvgIpc) is 2.99. The van der Waals surface area contributed by atoms with Gasteiger partial charge in [0.15, 0.2) is 0 Å². The van der Waals surface area contributed by atoms with E-state index < -0.39 is 78.7 Å². The maximum Gasteiger partial charge on any atom is 0.264 e. The minimum atomic E-state index is -4.00. The average molecular weight is 565 g/mol. The van der Waals surface area contributed by atoms with Gasteiger partial charge in [-0.05, 0) is 61.6 Å². The molecule has 0 saturated heterocycles. The van der Waals surface area contributed by atoms with Gasteiger partial charge < -0.3 is 25.2 Å². The number of carbonyl (C=O) groups is 2. The maximum atomic E-state index is 11.9. The van der Waals surface area contributed by atoms with E-state index in [1.165, 1.54) is 0 Å². The van der Waals surface area contributed by atoms with Crippen molar-refractivity contribution in [2.24, 2.45) is 0 Å². The molecule has 0 bridgehead atoms. The van der Waals surface area contributed by atoms with Gasteiger partial charge in [0.05, 0.1) is 37.0 Å². The summed E-state index contributed by atoms with van der Waals surface area (Å²) >= 11 is 0. The summed E-state index contributed by atoms with van der Waals surface area (Å²) in [6, 6.07) is 0.224. The summed E-state index contributed by atoms with van der Waals surface area (Å²) in [4.78, 5) is 23.8. The highest BCUT2D eigenvalue weighted by Crippen LogP contribution is 2.28. The van der Waals surface area contributed by atoms with Crippen LogP contribution in [-0.4, -0.2) is 57.9 Å². The molecule has 2 amide bonds. The van der Waals surface area contributed by atoms with Crippen LogP contribution < -0.4 is 20.1 Å². The van der Waals surface area contributed by atoms with E-state index in [-0.39, 0.29) is 78.9 Å². The van der Waals surface area contributed by atoms with E-state index >= 15 is 0 Å². The summed E-state index contributed by atoms with van der Waals surface area (Å²) in [5, 5.41) is 13.3. The van der Waals surface area contributed by atoms with Gasteiger partial charge in [-0.15, -0.1) is 0 Å². The number of anilines is 2. The van der Waals surface area contributed by atoms with Gasteiger partial charge in [0.2, 0.25) is 11.8 Å². The predicted octanol–water partition coefficient (Wildman–Crippen LogP) is 3.43. The van der Waals surface area contributed by atoms with Crippen molar-refractivity contribution in [3.63, 3.8) is 0 Å². The van der Waals surface area contributed by atoms with Crippen molar-refractivity contribution in [3.05, 3.63) is 47.4 Å². The van der Waals surface area contributed by atoms with Crippen molar-refractivity contribution in [1.82, 2.24) is 0 Å². The highest BCUT2D eigenvalue weighted by molar-refractivity contribution is 7.85. The Bertz CT molecular complexity index is 1910. The van der Waals surface area contributed by atoms with Crippen molar-refractivity contribution in [1.29, 1.82) is 0 Å². The van der Waals surface area contributed by atoms with Crippen molar-refractivity contribution in [3.8, 4) is 11.5 Å². The number of carbonyl (C=O) groups excluding carboxylic acids is 2. The quantitative estimate of drug-likeness (QED) is 0.263. The molecule has 0 fully saturated rings. The van der Waals surface area contributed by atoms with Gasteiger partial charge in [0.1, 0.15) is 11.5 Å². The molecule has 38 heavy (non-hydrogen) atoms. The Balaban J connectivity index is 0.000000294. The van der Waals surface area contributed by atoms with E-state index in [0.29, 0.717) is 6.26 Å². The van der Waals surface area contributed by atoms with E-state index in [0.717, 1.165) is 12.1 Å². The van der Waals surface area contributed by atoms with Crippen LogP contribution in [0, 0.1) is 0 Å². The van der Waals surface area contributed by atoms with Gasteiger partial charge in [-0.1, -0.05) is 12.1 Å². The molecule has 2 aliphatic rings. The zero-order valence-corrected chi connectivity index (χ0v) is 20.9. The van der Waals surface area contributed by atoms with Gasteiger partial charge in [-0.3, -0.25) is 13.8 Å². The Kier molecular flexibility index (Phi) is 5.53. The van der Waals surface area contributed by atoms with E-state index in [4.69, 9.17) is 36.5 Å². The molecule has 3 N–H and O–H groups in total. The first-order valence-electron chi connectivity index (χ1n) is 19.1. The Morgan fingerprint density at radius 1 is 0.895 bits per heavy atom. The third-order valence-electron chi connectivity index (χ3n) is 4.37. The first kappa shape index (κ1) is 14.3. The third-order valence-corrected chi connectivity index (χ3v) is 4.79. The summed E-state index contributed by atoms with van der Waals surface area (Å²) in [5.41, 5.74) is -1.24. The van der Waals surface area contributed by atoms with E-state index in [1.54, 1.807) is 0 Å². The number of benzene rings is 2. The molecule has 2 aromatic rings. The number of amides is 2. The lowest BCUT2D eigenvalue weighted by Gasteiger charge is -2.17. The summed E-state index contributed by atoms with van der Waals surface area (Å²) in [6.07, 6.45) is -11.0. The van der Waals surface area contributed by atoms with Gasteiger partial charge in [0.25, 0.3) is 10.1 Å². The fourth-order valence-electron chi connectivity index (χ4n) is 2.73. The van der Waals surface area contributed by atoms with E-state index in [1.807, 2.05) is 0 Å². The third kappa shape index (κ3) is 10.3. The molecule has 0 spiro atoms. The minimum absolute atomic E-state index is 0.0335. The maximum absolute atomic E-state index is 11.9. The monoisotopic (exact) mass is 564 g/mol. The summed E-state index contributed by atoms with van der Waals surface area (Å²) < 4.78 is 160. The van der Waals surface area contributed by atoms with Crippen molar-refractivity contribution in [2.75, 3.05) is 43.2 Å². The Morgan fingerprint density at radius 3 is 1.87 bits per heavy atom. The molecule has 208 valence electrons. The van der Waals surface area contributed by atoms with Crippen molar-refractivity contribution >= 4 is 33.3 Å².